The van der Waals surface area contributed by atoms with Gasteiger partial charge in [0.15, 0.2) is 0 Å². The van der Waals surface area contributed by atoms with E-state index in [1.54, 1.807) is 6.07 Å². The Morgan fingerprint density at radius 3 is 2.90 bits per heavy atom. The number of methoxy groups -OCH3 is 1. The van der Waals surface area contributed by atoms with Crippen molar-refractivity contribution in [2.75, 3.05) is 7.11 Å². The number of halogens is 1. The van der Waals surface area contributed by atoms with Gasteiger partial charge >= 0.3 is 11.9 Å². The molecular formula is C15H14ClNO4. The minimum Gasteiger partial charge on any atom is -0.481 e. The number of aryl methyl sites for hydroxylation is 1. The molecule has 1 aromatic heterocycles. The van der Waals surface area contributed by atoms with Crippen LogP contribution in [0.25, 0.3) is 10.9 Å². The Labute approximate surface area is 125 Å². The molecule has 0 saturated carbocycles. The number of hydrogen-bond donors (Lipinski definition) is 2. The van der Waals surface area contributed by atoms with E-state index >= 15 is 0 Å². The summed E-state index contributed by atoms with van der Waals surface area (Å²) in [6, 6.07) is 3.62. The van der Waals surface area contributed by atoms with Crippen LogP contribution in [0.15, 0.2) is 12.1 Å². The van der Waals surface area contributed by atoms with E-state index in [0.717, 1.165) is 28.5 Å². The number of aliphatic carboxylic acids is 1. The molecule has 0 amide bonds. The van der Waals surface area contributed by atoms with E-state index in [-0.39, 0.29) is 12.3 Å². The van der Waals surface area contributed by atoms with E-state index < -0.39 is 11.9 Å². The van der Waals surface area contributed by atoms with Gasteiger partial charge < -0.3 is 14.8 Å². The first-order valence-electron chi connectivity index (χ1n) is 6.65. The van der Waals surface area contributed by atoms with E-state index in [4.69, 9.17) is 21.4 Å². The lowest BCUT2D eigenvalue weighted by Crippen LogP contribution is -2.15. The number of carboxylic acid groups (broad SMARTS) is 1. The van der Waals surface area contributed by atoms with Crippen molar-refractivity contribution in [2.24, 2.45) is 0 Å². The molecule has 0 saturated heterocycles. The van der Waals surface area contributed by atoms with E-state index in [1.165, 1.54) is 7.11 Å². The number of benzene rings is 1. The summed E-state index contributed by atoms with van der Waals surface area (Å²) in [6.07, 6.45) is 1.43. The van der Waals surface area contributed by atoms with Gasteiger partial charge in [0.05, 0.1) is 13.5 Å². The first-order chi connectivity index (χ1) is 10.0. The molecule has 1 aliphatic rings. The van der Waals surface area contributed by atoms with Crippen molar-refractivity contribution in [1.29, 1.82) is 0 Å². The largest absolute Gasteiger partial charge is 0.481 e. The Morgan fingerprint density at radius 1 is 1.48 bits per heavy atom. The van der Waals surface area contributed by atoms with Gasteiger partial charge in [-0.15, -0.1) is 0 Å². The first-order valence-corrected chi connectivity index (χ1v) is 7.03. The van der Waals surface area contributed by atoms with E-state index in [1.807, 2.05) is 6.07 Å². The number of H-pyrrole nitrogens is 1. The predicted octanol–water partition coefficient (Wildman–Crippen LogP) is 3.11. The van der Waals surface area contributed by atoms with Gasteiger partial charge in [0.1, 0.15) is 5.69 Å². The van der Waals surface area contributed by atoms with E-state index in [2.05, 4.69) is 4.98 Å². The van der Waals surface area contributed by atoms with Crippen LogP contribution < -0.4 is 0 Å². The molecule has 1 atom stereocenters. The van der Waals surface area contributed by atoms with Crippen molar-refractivity contribution in [2.45, 2.75) is 25.2 Å². The van der Waals surface area contributed by atoms with E-state index in [9.17, 15) is 9.59 Å². The maximum absolute atomic E-state index is 12.0. The Bertz CT molecular complexity index is 750. The molecule has 21 heavy (non-hydrogen) atoms. The molecule has 110 valence electrons. The number of hydrogen-bond acceptors (Lipinski definition) is 3. The van der Waals surface area contributed by atoms with E-state index in [0.29, 0.717) is 17.1 Å². The topological polar surface area (TPSA) is 79.4 Å². The van der Waals surface area contributed by atoms with Crippen molar-refractivity contribution in [3.05, 3.63) is 34.0 Å². The molecule has 0 radical (unpaired) electrons. The molecule has 3 rings (SSSR count). The Balaban J connectivity index is 2.27. The van der Waals surface area contributed by atoms with Gasteiger partial charge in [-0.1, -0.05) is 11.6 Å². The maximum atomic E-state index is 12.0. The van der Waals surface area contributed by atoms with Gasteiger partial charge in [-0.05, 0) is 42.0 Å². The molecule has 0 bridgehead atoms. The average molecular weight is 308 g/mol. The second kappa shape index (κ2) is 5.07. The second-order valence-corrected chi connectivity index (χ2v) is 5.66. The predicted molar refractivity (Wildman–Crippen MR) is 78.0 cm³/mol. The zero-order valence-electron chi connectivity index (χ0n) is 11.4. The van der Waals surface area contributed by atoms with Crippen LogP contribution in [0.5, 0.6) is 0 Å². The van der Waals surface area contributed by atoms with Crippen LogP contribution in [0.2, 0.25) is 5.02 Å². The van der Waals surface area contributed by atoms with Crippen molar-refractivity contribution >= 4 is 34.4 Å². The fourth-order valence-electron chi connectivity index (χ4n) is 3.16. The first kappa shape index (κ1) is 13.9. The number of nitrogens with one attached hydrogen (secondary N) is 1. The van der Waals surface area contributed by atoms with Crippen LogP contribution in [0, 0.1) is 0 Å². The number of esters is 1. The third-order valence-electron chi connectivity index (χ3n) is 3.96. The molecule has 0 aliphatic heterocycles. The minimum absolute atomic E-state index is 0.000978. The number of rotatable bonds is 3. The summed E-state index contributed by atoms with van der Waals surface area (Å²) in [6.45, 7) is 0. The van der Waals surface area contributed by atoms with Crippen LogP contribution in [-0.2, 0) is 16.0 Å². The lowest BCUT2D eigenvalue weighted by atomic mass is 9.81. The zero-order chi connectivity index (χ0) is 15.1. The van der Waals surface area contributed by atoms with Crippen molar-refractivity contribution in [3.8, 4) is 0 Å². The lowest BCUT2D eigenvalue weighted by Gasteiger charge is -2.22. The summed E-state index contributed by atoms with van der Waals surface area (Å²) in [4.78, 5) is 26.1. The Kier molecular flexibility index (Phi) is 3.37. The van der Waals surface area contributed by atoms with Crippen LogP contribution in [0.3, 0.4) is 0 Å². The molecule has 1 aromatic carbocycles. The van der Waals surface area contributed by atoms with Crippen molar-refractivity contribution in [3.63, 3.8) is 0 Å². The summed E-state index contributed by atoms with van der Waals surface area (Å²) in [5.74, 6) is -1.55. The molecule has 5 nitrogen and oxygen atoms in total. The number of aromatic nitrogens is 1. The standard InChI is InChI=1S/C15H14ClNO4/c1-21-15(20)14-13-8(5-11(18)19)3-2-7-4-9(16)6-10(17-14)12(7)13/h4,6,8,17H,2-3,5H2,1H3,(H,18,19). The number of carbonyl (C=O) groups is 2. The highest BCUT2D eigenvalue weighted by molar-refractivity contribution is 6.31. The third kappa shape index (κ3) is 2.27. The van der Waals surface area contributed by atoms with Crippen molar-refractivity contribution < 1.29 is 19.4 Å². The smallest absolute Gasteiger partial charge is 0.354 e. The Morgan fingerprint density at radius 2 is 2.24 bits per heavy atom. The zero-order valence-corrected chi connectivity index (χ0v) is 12.2. The summed E-state index contributed by atoms with van der Waals surface area (Å²) >= 11 is 6.09. The third-order valence-corrected chi connectivity index (χ3v) is 4.18. The maximum Gasteiger partial charge on any atom is 0.354 e. The molecule has 1 heterocycles. The van der Waals surface area contributed by atoms with Gasteiger partial charge in [0, 0.05) is 15.9 Å². The molecule has 0 spiro atoms. The highest BCUT2D eigenvalue weighted by atomic mass is 35.5. The Hall–Kier alpha value is -2.01. The number of aromatic amines is 1. The normalized spacial score (nSPS) is 17.0. The number of ether oxygens (including phenoxy) is 1. The summed E-state index contributed by atoms with van der Waals surface area (Å²) < 4.78 is 4.81. The summed E-state index contributed by atoms with van der Waals surface area (Å²) in [5.41, 5.74) is 2.88. The SMILES string of the molecule is COC(=O)c1[nH]c2cc(Cl)cc3c2c1C(CC(=O)O)CC3. The number of carbonyl (C=O) groups excluding carboxylic acids is 1. The molecular weight excluding hydrogens is 294 g/mol. The van der Waals surface area contributed by atoms with Crippen molar-refractivity contribution in [1.82, 2.24) is 4.98 Å². The molecule has 2 aromatic rings. The monoisotopic (exact) mass is 307 g/mol. The van der Waals surface area contributed by atoms with Crippen LogP contribution in [0.1, 0.15) is 40.4 Å². The fraction of sp³-hybridized carbons (Fsp3) is 0.333. The average Bonchev–Trinajstić information content (AvgIpc) is 2.81. The van der Waals surface area contributed by atoms with Gasteiger partial charge in [0.2, 0.25) is 0 Å². The van der Waals surface area contributed by atoms with Crippen LogP contribution in [-0.4, -0.2) is 29.1 Å². The summed E-state index contributed by atoms with van der Waals surface area (Å²) in [5, 5.41) is 10.6. The summed E-state index contributed by atoms with van der Waals surface area (Å²) in [7, 11) is 1.31. The minimum atomic E-state index is -0.873. The molecule has 1 aliphatic carbocycles. The highest BCUT2D eigenvalue weighted by Crippen LogP contribution is 2.42. The molecule has 2 N–H and O–H groups in total. The van der Waals surface area contributed by atoms with Crippen LogP contribution in [0.4, 0.5) is 0 Å². The molecule has 0 fully saturated rings. The fourth-order valence-corrected chi connectivity index (χ4v) is 3.41. The second-order valence-electron chi connectivity index (χ2n) is 5.23. The van der Waals surface area contributed by atoms with Gasteiger partial charge in [0.25, 0.3) is 0 Å². The number of carboxylic acids is 1. The molecule has 1 unspecified atom stereocenters. The van der Waals surface area contributed by atoms with Gasteiger partial charge in [-0.3, -0.25) is 4.79 Å². The van der Waals surface area contributed by atoms with Gasteiger partial charge in [-0.25, -0.2) is 4.79 Å². The van der Waals surface area contributed by atoms with Crippen LogP contribution >= 0.6 is 11.6 Å². The highest BCUT2D eigenvalue weighted by Gasteiger charge is 2.31. The quantitative estimate of drug-likeness (QED) is 0.854. The lowest BCUT2D eigenvalue weighted by molar-refractivity contribution is -0.137. The van der Waals surface area contributed by atoms with Gasteiger partial charge in [-0.2, -0.15) is 0 Å². The molecule has 6 heteroatoms.